The van der Waals surface area contributed by atoms with Gasteiger partial charge >= 0.3 is 0 Å². The molecule has 0 aromatic heterocycles. The minimum absolute atomic E-state index is 1.85. The van der Waals surface area contributed by atoms with Gasteiger partial charge in [0.2, 0.25) is 0 Å². The van der Waals surface area contributed by atoms with E-state index in [0.29, 0.717) is 0 Å². The lowest BCUT2D eigenvalue weighted by atomic mass is 13.4. The summed E-state index contributed by atoms with van der Waals surface area (Å²) < 4.78 is 3.31. The molecule has 0 saturated carbocycles. The molecular weight excluding hydrogens is 78.1 g/mol. The summed E-state index contributed by atoms with van der Waals surface area (Å²) in [5, 5.41) is 1.85. The van der Waals surface area contributed by atoms with Gasteiger partial charge in [-0.3, -0.25) is 4.28 Å². The fourth-order valence-corrected chi connectivity index (χ4v) is 0. The van der Waals surface area contributed by atoms with Crippen LogP contribution in [0.15, 0.2) is 5.34 Å². The van der Waals surface area contributed by atoms with E-state index in [1.807, 2.05) is 5.34 Å². The molecule has 0 heterocycles. The van der Waals surface area contributed by atoms with Gasteiger partial charge in [0.05, 0.1) is 12.9 Å². The Morgan fingerprint density at radius 1 is 2.00 bits per heavy atom. The molecule has 0 N–H and O–H groups in total. The van der Waals surface area contributed by atoms with Crippen molar-refractivity contribution in [2.75, 3.05) is 0 Å². The molecule has 0 unspecified atom stereocenters. The largest absolute Gasteiger partial charge is 0.291 e. The Morgan fingerprint density at radius 3 is 2.25 bits per heavy atom. The van der Waals surface area contributed by atoms with E-state index < -0.39 is 0 Å². The third-order valence-electron chi connectivity index (χ3n) is 0.0333. The second-order valence-electron chi connectivity index (χ2n) is 0.156. The second-order valence-corrected chi connectivity index (χ2v) is 0.319. The van der Waals surface area contributed by atoms with Crippen molar-refractivity contribution in [2.24, 2.45) is 5.34 Å². The topological polar surface area (TPSA) is 38.7 Å². The van der Waals surface area contributed by atoms with Crippen LogP contribution >= 0.6 is 12.9 Å². The van der Waals surface area contributed by atoms with Gasteiger partial charge in [-0.15, -0.1) is 4.91 Å². The van der Waals surface area contributed by atoms with Gasteiger partial charge in [-0.05, 0) is 0 Å². The van der Waals surface area contributed by atoms with Gasteiger partial charge in [-0.2, -0.15) is 0 Å². The normalized spacial score (nSPS) is 5.25. The fourth-order valence-electron chi connectivity index (χ4n) is 0. The van der Waals surface area contributed by atoms with Crippen molar-refractivity contribution in [3.63, 3.8) is 0 Å². The molecule has 0 saturated heterocycles. The van der Waals surface area contributed by atoms with Crippen molar-refractivity contribution in [3.8, 4) is 0 Å². The second kappa shape index (κ2) is 2.75. The van der Waals surface area contributed by atoms with Crippen molar-refractivity contribution in [2.45, 2.75) is 0 Å². The quantitative estimate of drug-likeness (QED) is 0.215. The molecule has 0 atom stereocenters. The summed E-state index contributed by atoms with van der Waals surface area (Å²) >= 11 is 2.94. The predicted octanol–water partition coefficient (Wildman–Crippen LogP) is 0.529. The Kier molecular flexibility index (Phi) is 2.58. The van der Waals surface area contributed by atoms with E-state index in [2.05, 4.69) is 17.2 Å². The minimum atomic E-state index is 1.85. The van der Waals surface area contributed by atoms with Gasteiger partial charge in [0, 0.05) is 0 Å². The van der Waals surface area contributed by atoms with Crippen LogP contribution in [0.5, 0.6) is 0 Å². The van der Waals surface area contributed by atoms with Crippen molar-refractivity contribution in [1.82, 2.24) is 0 Å². The highest BCUT2D eigenvalue weighted by Crippen LogP contribution is 1.70. The third kappa shape index (κ3) is 1.75. The number of rotatable bonds is 1. The highest BCUT2D eigenvalue weighted by atomic mass is 32.1. The minimum Gasteiger partial charge on any atom is -0.291 e. The van der Waals surface area contributed by atoms with Crippen LogP contribution in [0.4, 0.5) is 0 Å². The lowest BCUT2D eigenvalue weighted by Gasteiger charge is -1.59. The first kappa shape index (κ1) is 3.75. The Morgan fingerprint density at radius 2 is 2.25 bits per heavy atom. The zero-order valence-corrected chi connectivity index (χ0v) is 2.61. The van der Waals surface area contributed by atoms with Crippen molar-refractivity contribution in [3.05, 3.63) is 4.91 Å². The van der Waals surface area contributed by atoms with Crippen LogP contribution < -0.4 is 0 Å². The average Bonchev–Trinajstić information content (AvgIpc) is 1.37. The molecule has 0 aliphatic carbocycles. The van der Waals surface area contributed by atoms with Gasteiger partial charge in [0.15, 0.2) is 5.34 Å². The van der Waals surface area contributed by atoms with E-state index in [1.54, 1.807) is 0 Å². The predicted molar refractivity (Wildman–Crippen MR) is 15.9 cm³/mol. The summed E-state index contributed by atoms with van der Waals surface area (Å²) in [6.45, 7) is 0. The van der Waals surface area contributed by atoms with Gasteiger partial charge in [-0.25, -0.2) is 0 Å². The maximum Gasteiger partial charge on any atom is 0.168 e. The molecule has 0 spiro atoms. The Hall–Kier alpha value is -0.250. The summed E-state index contributed by atoms with van der Waals surface area (Å²) in [5.74, 6) is 0. The van der Waals surface area contributed by atoms with E-state index >= 15 is 0 Å². The van der Waals surface area contributed by atoms with E-state index in [4.69, 9.17) is 4.91 Å². The van der Waals surface area contributed by atoms with E-state index in [-0.39, 0.29) is 0 Å². The summed E-state index contributed by atoms with van der Waals surface area (Å²) in [6.07, 6.45) is 0. The monoisotopic (exact) mass is 79.0 g/mol. The first-order valence-corrected chi connectivity index (χ1v) is 0.913. The number of hydrogen-bond acceptors (Lipinski definition) is 4. The van der Waals surface area contributed by atoms with Gasteiger partial charge < -0.3 is 0 Å². The van der Waals surface area contributed by atoms with Crippen LogP contribution in [-0.4, -0.2) is 0 Å². The highest BCUT2D eigenvalue weighted by Gasteiger charge is 1.46. The summed E-state index contributed by atoms with van der Waals surface area (Å²) in [5.41, 5.74) is 0. The van der Waals surface area contributed by atoms with Gasteiger partial charge in [-0.1, -0.05) is 0 Å². The lowest BCUT2D eigenvalue weighted by molar-refractivity contribution is 0.406. The smallest absolute Gasteiger partial charge is 0.168 e. The molecule has 0 radical (unpaired) electrons. The molecule has 0 aromatic carbocycles. The number of thiol groups is 1. The first-order valence-electron chi connectivity index (χ1n) is 0.548. The highest BCUT2D eigenvalue weighted by molar-refractivity contribution is 7.75. The molecule has 3 nitrogen and oxygen atoms in total. The molecule has 0 bridgehead atoms. The first-order chi connectivity index (χ1) is 1.91. The molecule has 0 fully saturated rings. The third-order valence-corrected chi connectivity index (χ3v) is 0.100. The summed E-state index contributed by atoms with van der Waals surface area (Å²) in [6, 6.07) is 0. The van der Waals surface area contributed by atoms with E-state index in [9.17, 15) is 0 Å². The molecule has 4 heavy (non-hydrogen) atoms. The van der Waals surface area contributed by atoms with Crippen molar-refractivity contribution >= 4 is 12.9 Å². The summed E-state index contributed by atoms with van der Waals surface area (Å²) in [7, 11) is 0. The molecule has 24 valence electrons. The van der Waals surface area contributed by atoms with Crippen molar-refractivity contribution < 1.29 is 4.28 Å². The molecule has 0 aliphatic heterocycles. The van der Waals surface area contributed by atoms with Crippen LogP contribution in [0.1, 0.15) is 0 Å². The maximum absolute atomic E-state index is 8.62. The van der Waals surface area contributed by atoms with E-state index in [1.165, 1.54) is 0 Å². The van der Waals surface area contributed by atoms with Gasteiger partial charge in [0.1, 0.15) is 0 Å². The molecular formula is HNO2S. The average molecular weight is 79.1 g/mol. The van der Waals surface area contributed by atoms with Crippen molar-refractivity contribution in [1.29, 1.82) is 0 Å². The van der Waals surface area contributed by atoms with Crippen LogP contribution in [0.2, 0.25) is 0 Å². The Labute approximate surface area is 28.5 Å². The fraction of sp³-hybridized carbons (Fsp3) is 0. The van der Waals surface area contributed by atoms with Crippen LogP contribution in [0.25, 0.3) is 0 Å². The molecule has 0 amide bonds. The lowest BCUT2D eigenvalue weighted by Crippen LogP contribution is -1.38. The van der Waals surface area contributed by atoms with E-state index in [0.717, 1.165) is 0 Å². The summed E-state index contributed by atoms with van der Waals surface area (Å²) in [4.78, 5) is 8.62. The Balaban J connectivity index is 2.30. The molecule has 0 rings (SSSR count). The van der Waals surface area contributed by atoms with Gasteiger partial charge in [0.25, 0.3) is 0 Å². The molecule has 4 heteroatoms. The van der Waals surface area contributed by atoms with Crippen LogP contribution in [-0.2, 0) is 4.28 Å². The molecule has 0 aliphatic rings. The van der Waals surface area contributed by atoms with Crippen LogP contribution in [0, 0.1) is 4.91 Å². The zero-order chi connectivity index (χ0) is 3.41. The number of hydrogen-bond donors (Lipinski definition) is 1. The zero-order valence-electron chi connectivity index (χ0n) is 1.71. The van der Waals surface area contributed by atoms with Crippen LogP contribution in [0.3, 0.4) is 0 Å². The maximum atomic E-state index is 8.62. The standard InChI is InChI=1S/HNO2S/c2-1-3-4/h4H. The SMILES string of the molecule is O=NOS. The molecule has 0 aromatic rings. The Bertz CT molecular complexity index is 20.0. The number of nitrogens with zero attached hydrogens (tertiary/aromatic N) is 1.